The summed E-state index contributed by atoms with van der Waals surface area (Å²) in [4.78, 5) is 14.1. The third-order valence-corrected chi connectivity index (χ3v) is 20.1. The number of fused-ring (bicyclic) bond motifs is 10. The van der Waals surface area contributed by atoms with Gasteiger partial charge in [-0.2, -0.15) is 10.1 Å². The van der Waals surface area contributed by atoms with Crippen molar-refractivity contribution in [3.8, 4) is 23.0 Å². The Hall–Kier alpha value is -9.00. The minimum Gasteiger partial charge on any atom is -0.507 e. The lowest BCUT2D eigenvalue weighted by Crippen LogP contribution is -2.42. The van der Waals surface area contributed by atoms with E-state index in [1.54, 1.807) is 0 Å². The van der Waals surface area contributed by atoms with Crippen molar-refractivity contribution in [2.45, 2.75) is 139 Å². The van der Waals surface area contributed by atoms with Gasteiger partial charge in [-0.1, -0.05) is 255 Å². The highest BCUT2D eigenvalue weighted by Gasteiger charge is 2.58. The van der Waals surface area contributed by atoms with Gasteiger partial charge in [0.05, 0.1) is 77.0 Å². The van der Waals surface area contributed by atoms with Crippen LogP contribution in [-0.4, -0.2) is 108 Å². The van der Waals surface area contributed by atoms with Gasteiger partial charge in [0.1, 0.15) is 72.8 Å². The fourth-order valence-corrected chi connectivity index (χ4v) is 15.1. The summed E-state index contributed by atoms with van der Waals surface area (Å²) in [6.07, 6.45) is 0.556. The maximum atomic E-state index is 12.5. The summed E-state index contributed by atoms with van der Waals surface area (Å²) in [5.74, 6) is 1.80. The quantitative estimate of drug-likeness (QED) is 0.0531. The van der Waals surface area contributed by atoms with E-state index in [1.165, 1.54) is 0 Å². The Morgan fingerprint density at radius 3 is 0.840 bits per heavy atom. The van der Waals surface area contributed by atoms with E-state index >= 15 is 0 Å². The monoisotopic (exact) mass is 1340 g/mol. The Kier molecular flexibility index (Phi) is 21.5. The van der Waals surface area contributed by atoms with Crippen LogP contribution in [-0.2, 0) is 103 Å². The first-order chi connectivity index (χ1) is 49.4. The standard InChI is InChI=1S/C86H86N2O12/c89-79-65-35-19-37-67(79)45-71-41-22-42-72(82(71)98-56-74-48-76-84(94-52-62-29-13-4-14-30-62)86(96-54-64-33-17-6-18-34-64)78(88(76)100-74)58-92-50-60-25-9-2-10-26-60)46-68-38-20-36-66(80(68)90)44-70-40-21-39-69(43-65)81(70)97-55-73-47-75-83(93-51-61-27-11-3-12-28-61)85(95-53-63-31-15-5-16-32-63)77(87(75)99-73)57-91-49-59-23-7-1-8-24-59/h1-42,73-78,83-86,89-90H,43-58H2/t73-,74-,75-,76-,77-,78-,83-,84-,85-,86-/m1/s1. The van der Waals surface area contributed by atoms with E-state index in [4.69, 9.17) is 47.6 Å². The van der Waals surface area contributed by atoms with Crippen molar-refractivity contribution in [1.82, 2.24) is 10.1 Å². The maximum Gasteiger partial charge on any atom is 0.126 e. The molecule has 4 saturated heterocycles. The predicted octanol–water partition coefficient (Wildman–Crippen LogP) is 14.8. The fraction of sp³-hybridized carbons (Fsp3) is 0.302. The number of nitrogens with zero attached hydrogens (tertiary/aromatic N) is 2. The molecule has 0 amide bonds. The number of aromatic hydroxyl groups is 2. The second kappa shape index (κ2) is 32.1. The first-order valence-corrected chi connectivity index (χ1v) is 35.2. The van der Waals surface area contributed by atoms with Crippen molar-refractivity contribution in [3.63, 3.8) is 0 Å². The zero-order chi connectivity index (χ0) is 67.4. The summed E-state index contributed by atoms with van der Waals surface area (Å²) < 4.78 is 55.1. The number of phenols is 2. The topological polar surface area (TPSA) is 139 Å². The maximum absolute atomic E-state index is 12.5. The van der Waals surface area contributed by atoms with Crippen LogP contribution in [0.3, 0.4) is 0 Å². The Balaban J connectivity index is 0.686. The highest BCUT2D eigenvalue weighted by atomic mass is 16.7. The van der Waals surface area contributed by atoms with E-state index < -0.39 is 0 Å². The molecule has 1 aliphatic carbocycles. The van der Waals surface area contributed by atoms with Crippen LogP contribution in [0.2, 0.25) is 0 Å². The molecule has 0 saturated carbocycles. The Bertz CT molecular complexity index is 3890. The minimum absolute atomic E-state index is 0.170. The molecule has 0 aromatic heterocycles. The van der Waals surface area contributed by atoms with Crippen LogP contribution in [0.4, 0.5) is 0 Å². The molecule has 100 heavy (non-hydrogen) atoms. The number of para-hydroxylation sites is 4. The molecule has 14 heteroatoms. The summed E-state index contributed by atoms with van der Waals surface area (Å²) in [6, 6.07) is 84.8. The molecular formula is C86H86N2O12. The summed E-state index contributed by atoms with van der Waals surface area (Å²) >= 11 is 0. The first-order valence-electron chi connectivity index (χ1n) is 35.2. The van der Waals surface area contributed by atoms with Crippen LogP contribution in [0.25, 0.3) is 0 Å². The summed E-state index contributed by atoms with van der Waals surface area (Å²) in [5, 5.41) is 29.2. The molecule has 10 aromatic rings. The SMILES string of the molecule is Oc1c2cccc1Cc1cccc(c1OC[C@H]1C[C@@H]3[C@@H](OCc4ccccc4)[C@H](OCc4ccccc4)[C@@H](COCc4ccccc4)N3O1)Cc1cccc(c1O)Cc1cccc(c1OC[C@H]1C[C@@H]3[C@@H](OCc4ccccc4)[C@H](OCc4ccccc4)[C@@H](COCc4ccccc4)N3O1)C2. The number of hydroxylamine groups is 4. The Morgan fingerprint density at radius 1 is 0.290 bits per heavy atom. The average molecular weight is 1340 g/mol. The largest absolute Gasteiger partial charge is 0.507 e. The molecule has 0 unspecified atom stereocenters. The molecule has 512 valence electrons. The summed E-state index contributed by atoms with van der Waals surface area (Å²) in [5.41, 5.74) is 13.0. The number of ether oxygens (including phenoxy) is 8. The number of phenolic OH excluding ortho intramolecular Hbond substituents is 2. The van der Waals surface area contributed by atoms with Crippen LogP contribution in [0.15, 0.2) is 255 Å². The second-order valence-electron chi connectivity index (χ2n) is 27.0. The van der Waals surface area contributed by atoms with E-state index in [0.29, 0.717) is 103 Å². The molecule has 8 bridgehead atoms. The van der Waals surface area contributed by atoms with Gasteiger partial charge in [-0.3, -0.25) is 9.68 Å². The van der Waals surface area contributed by atoms with Gasteiger partial charge in [-0.05, 0) is 90.7 Å². The molecule has 10 atom stereocenters. The summed E-state index contributed by atoms with van der Waals surface area (Å²) in [6.45, 7) is 3.66. The highest BCUT2D eigenvalue weighted by Crippen LogP contribution is 2.44. The molecule has 4 aliphatic heterocycles. The molecule has 0 spiro atoms. The lowest BCUT2D eigenvalue weighted by Gasteiger charge is -2.29. The van der Waals surface area contributed by atoms with Gasteiger partial charge >= 0.3 is 0 Å². The van der Waals surface area contributed by atoms with Crippen molar-refractivity contribution >= 4 is 0 Å². The van der Waals surface area contributed by atoms with Crippen LogP contribution < -0.4 is 9.47 Å². The minimum atomic E-state index is -0.371. The van der Waals surface area contributed by atoms with E-state index in [2.05, 4.69) is 107 Å². The van der Waals surface area contributed by atoms with Crippen molar-refractivity contribution in [2.75, 3.05) is 26.4 Å². The number of hydrogen-bond acceptors (Lipinski definition) is 14. The molecule has 0 radical (unpaired) electrons. The molecule has 5 aliphatic rings. The lowest BCUT2D eigenvalue weighted by molar-refractivity contribution is -0.201. The summed E-state index contributed by atoms with van der Waals surface area (Å²) in [7, 11) is 0. The molecule has 2 N–H and O–H groups in total. The number of rotatable bonds is 26. The van der Waals surface area contributed by atoms with E-state index in [9.17, 15) is 10.2 Å². The smallest absolute Gasteiger partial charge is 0.126 e. The Labute approximate surface area is 586 Å². The normalized spacial score (nSPS) is 22.5. The van der Waals surface area contributed by atoms with Gasteiger partial charge in [-0.15, -0.1) is 0 Å². The number of hydrogen-bond donors (Lipinski definition) is 2. The first kappa shape index (κ1) is 66.9. The third kappa shape index (κ3) is 15.8. The van der Waals surface area contributed by atoms with Gasteiger partial charge in [-0.25, -0.2) is 0 Å². The van der Waals surface area contributed by atoms with Crippen molar-refractivity contribution in [2.24, 2.45) is 0 Å². The lowest BCUT2D eigenvalue weighted by atomic mass is 9.91. The van der Waals surface area contributed by atoms with Gasteiger partial charge in [0.15, 0.2) is 0 Å². The van der Waals surface area contributed by atoms with Crippen molar-refractivity contribution in [3.05, 3.63) is 333 Å². The molecule has 10 aromatic carbocycles. The van der Waals surface area contributed by atoms with Gasteiger partial charge in [0.2, 0.25) is 0 Å². The van der Waals surface area contributed by atoms with Crippen LogP contribution in [0, 0.1) is 0 Å². The van der Waals surface area contributed by atoms with Crippen LogP contribution in [0.1, 0.15) is 90.7 Å². The second-order valence-corrected chi connectivity index (χ2v) is 27.0. The fourth-order valence-electron chi connectivity index (χ4n) is 15.1. The third-order valence-electron chi connectivity index (χ3n) is 20.1. The molecular weight excluding hydrogens is 1250 g/mol. The molecule has 4 heterocycles. The van der Waals surface area contributed by atoms with E-state index in [0.717, 1.165) is 77.9 Å². The van der Waals surface area contributed by atoms with Crippen molar-refractivity contribution < 1.29 is 57.8 Å². The zero-order valence-corrected chi connectivity index (χ0v) is 56.2. The Morgan fingerprint density at radius 2 is 0.550 bits per heavy atom. The van der Waals surface area contributed by atoms with Gasteiger partial charge in [0, 0.05) is 25.7 Å². The molecule has 14 nitrogen and oxygen atoms in total. The van der Waals surface area contributed by atoms with E-state index in [-0.39, 0.29) is 85.5 Å². The molecule has 15 rings (SSSR count). The van der Waals surface area contributed by atoms with Crippen LogP contribution >= 0.6 is 0 Å². The van der Waals surface area contributed by atoms with E-state index in [1.807, 2.05) is 158 Å². The zero-order valence-electron chi connectivity index (χ0n) is 56.2. The molecule has 4 fully saturated rings. The highest BCUT2D eigenvalue weighted by molar-refractivity contribution is 5.55. The number of benzene rings is 10. The average Bonchev–Trinajstić information content (AvgIpc) is 1.61. The predicted molar refractivity (Wildman–Crippen MR) is 381 cm³/mol. The van der Waals surface area contributed by atoms with Gasteiger partial charge in [0.25, 0.3) is 0 Å². The van der Waals surface area contributed by atoms with Crippen LogP contribution in [0.5, 0.6) is 23.0 Å². The van der Waals surface area contributed by atoms with Crippen molar-refractivity contribution in [1.29, 1.82) is 0 Å². The van der Waals surface area contributed by atoms with Gasteiger partial charge < -0.3 is 48.1 Å².